The number of carbonyl (C=O) groups excluding carboxylic acids is 2. The van der Waals surface area contributed by atoms with Crippen molar-refractivity contribution < 1.29 is 14.0 Å². The van der Waals surface area contributed by atoms with Crippen molar-refractivity contribution in [2.45, 2.75) is 11.7 Å². The summed E-state index contributed by atoms with van der Waals surface area (Å²) >= 11 is 6.98. The van der Waals surface area contributed by atoms with E-state index in [0.717, 1.165) is 11.8 Å². The van der Waals surface area contributed by atoms with E-state index in [-0.39, 0.29) is 17.9 Å². The molecular weight excluding hydrogens is 380 g/mol. The number of amides is 3. The zero-order valence-corrected chi connectivity index (χ0v) is 14.8. The molecule has 26 heavy (non-hydrogen) atoms. The number of primary amides is 1. The van der Waals surface area contributed by atoms with Crippen LogP contribution in [0.25, 0.3) is 10.9 Å². The summed E-state index contributed by atoms with van der Waals surface area (Å²) in [5, 5.41) is 3.09. The summed E-state index contributed by atoms with van der Waals surface area (Å²) < 4.78 is 6.70. The molecule has 3 amide bonds. The van der Waals surface area contributed by atoms with E-state index in [2.05, 4.69) is 4.98 Å². The molecule has 3 aromatic rings. The van der Waals surface area contributed by atoms with Gasteiger partial charge in [0.15, 0.2) is 5.16 Å². The number of nitrogens with one attached hydrogen (secondary N) is 1. The van der Waals surface area contributed by atoms with Gasteiger partial charge in [0.25, 0.3) is 5.56 Å². The van der Waals surface area contributed by atoms with Crippen LogP contribution in [0.3, 0.4) is 0 Å². The number of aromatic nitrogens is 2. The lowest BCUT2D eigenvalue weighted by Crippen LogP contribution is -2.36. The highest BCUT2D eigenvalue weighted by molar-refractivity contribution is 7.99. The number of fused-ring (bicyclic) bond motifs is 1. The first kappa shape index (κ1) is 18.0. The van der Waals surface area contributed by atoms with E-state index in [4.69, 9.17) is 21.8 Å². The molecule has 3 N–H and O–H groups in total. The van der Waals surface area contributed by atoms with E-state index < -0.39 is 11.9 Å². The average molecular weight is 393 g/mol. The van der Waals surface area contributed by atoms with Gasteiger partial charge in [0.1, 0.15) is 5.76 Å². The topological polar surface area (TPSA) is 120 Å². The van der Waals surface area contributed by atoms with Gasteiger partial charge in [-0.2, -0.15) is 0 Å². The van der Waals surface area contributed by atoms with Gasteiger partial charge >= 0.3 is 6.03 Å². The Morgan fingerprint density at radius 2 is 2.15 bits per heavy atom. The normalized spacial score (nSPS) is 10.8. The zero-order valence-electron chi connectivity index (χ0n) is 13.3. The highest BCUT2D eigenvalue weighted by atomic mass is 35.5. The summed E-state index contributed by atoms with van der Waals surface area (Å²) in [6, 6.07) is 7.27. The monoisotopic (exact) mass is 392 g/mol. The summed E-state index contributed by atoms with van der Waals surface area (Å²) in [7, 11) is 0. The summed E-state index contributed by atoms with van der Waals surface area (Å²) in [6.45, 7) is 0.150. The molecule has 1 aromatic carbocycles. The van der Waals surface area contributed by atoms with Gasteiger partial charge in [0.05, 0.1) is 29.5 Å². The fourth-order valence-electron chi connectivity index (χ4n) is 2.29. The second kappa shape index (κ2) is 7.63. The van der Waals surface area contributed by atoms with Crippen LogP contribution in [0.5, 0.6) is 0 Å². The second-order valence-electron chi connectivity index (χ2n) is 5.23. The second-order valence-corrected chi connectivity index (χ2v) is 6.61. The Morgan fingerprint density at radius 1 is 1.35 bits per heavy atom. The minimum atomic E-state index is -0.943. The smallest absolute Gasteiger partial charge is 0.318 e. The van der Waals surface area contributed by atoms with Crippen molar-refractivity contribution in [1.82, 2.24) is 14.9 Å². The highest BCUT2D eigenvalue weighted by Crippen LogP contribution is 2.21. The fourth-order valence-corrected chi connectivity index (χ4v) is 3.25. The summed E-state index contributed by atoms with van der Waals surface area (Å²) in [4.78, 5) is 39.7. The van der Waals surface area contributed by atoms with Crippen molar-refractivity contribution in [3.8, 4) is 0 Å². The summed E-state index contributed by atoms with van der Waals surface area (Å²) in [6.07, 6.45) is 1.50. The van der Waals surface area contributed by atoms with E-state index in [0.29, 0.717) is 26.8 Å². The number of furan rings is 1. The molecule has 0 saturated carbocycles. The number of rotatable bonds is 5. The predicted octanol–water partition coefficient (Wildman–Crippen LogP) is 1.98. The molecule has 8 nitrogen and oxygen atoms in total. The lowest BCUT2D eigenvalue weighted by Gasteiger charge is -2.12. The number of halogens is 1. The van der Waals surface area contributed by atoms with E-state index in [1.165, 1.54) is 10.8 Å². The number of carbonyl (C=O) groups is 2. The molecule has 0 saturated heterocycles. The predicted molar refractivity (Wildman–Crippen MR) is 97.3 cm³/mol. The standard InChI is InChI=1S/C16H13ClN4O4S/c17-9-3-4-11-12(6-9)19-16(26-8-13(22)20-15(18)24)21(14(11)23)7-10-2-1-5-25-10/h1-6H,7-8H2,(H3,18,20,22,24). The average Bonchev–Trinajstić information content (AvgIpc) is 3.08. The highest BCUT2D eigenvalue weighted by Gasteiger charge is 2.15. The lowest BCUT2D eigenvalue weighted by atomic mass is 10.2. The van der Waals surface area contributed by atoms with Crippen molar-refractivity contribution in [3.63, 3.8) is 0 Å². The van der Waals surface area contributed by atoms with Crippen LogP contribution in [0, 0.1) is 0 Å². The Morgan fingerprint density at radius 3 is 2.85 bits per heavy atom. The van der Waals surface area contributed by atoms with Crippen LogP contribution in [-0.4, -0.2) is 27.2 Å². The van der Waals surface area contributed by atoms with Crippen LogP contribution >= 0.6 is 23.4 Å². The number of nitrogens with two attached hydrogens (primary N) is 1. The van der Waals surface area contributed by atoms with Gasteiger partial charge in [-0.1, -0.05) is 23.4 Å². The van der Waals surface area contributed by atoms with Crippen molar-refractivity contribution >= 4 is 46.2 Å². The largest absolute Gasteiger partial charge is 0.467 e. The van der Waals surface area contributed by atoms with Gasteiger partial charge in [-0.15, -0.1) is 0 Å². The number of nitrogens with zero attached hydrogens (tertiary/aromatic N) is 2. The number of hydrogen-bond donors (Lipinski definition) is 2. The molecule has 2 heterocycles. The number of benzene rings is 1. The first-order chi connectivity index (χ1) is 12.4. The fraction of sp³-hybridized carbons (Fsp3) is 0.125. The Hall–Kier alpha value is -2.78. The third-order valence-electron chi connectivity index (χ3n) is 3.37. The summed E-state index contributed by atoms with van der Waals surface area (Å²) in [5.41, 5.74) is 5.04. The van der Waals surface area contributed by atoms with Gasteiger partial charge < -0.3 is 10.2 Å². The minimum Gasteiger partial charge on any atom is -0.467 e. The summed E-state index contributed by atoms with van der Waals surface area (Å²) in [5.74, 6) is -0.169. The number of hydrogen-bond acceptors (Lipinski definition) is 6. The molecule has 0 unspecified atom stereocenters. The Kier molecular flexibility index (Phi) is 5.29. The number of urea groups is 1. The van der Waals surface area contributed by atoms with Gasteiger partial charge in [-0.3, -0.25) is 19.5 Å². The molecule has 0 aliphatic carbocycles. The molecule has 0 aliphatic heterocycles. The lowest BCUT2D eigenvalue weighted by molar-refractivity contribution is -0.117. The van der Waals surface area contributed by atoms with Gasteiger partial charge in [0.2, 0.25) is 5.91 Å². The quantitative estimate of drug-likeness (QED) is 0.506. The van der Waals surface area contributed by atoms with Crippen LogP contribution in [0.15, 0.2) is 51.0 Å². The molecule has 10 heteroatoms. The van der Waals surface area contributed by atoms with Crippen LogP contribution in [0.4, 0.5) is 4.79 Å². The maximum absolute atomic E-state index is 12.9. The maximum atomic E-state index is 12.9. The van der Waals surface area contributed by atoms with Gasteiger partial charge in [-0.05, 0) is 30.3 Å². The van der Waals surface area contributed by atoms with Gasteiger partial charge in [-0.25, -0.2) is 9.78 Å². The van der Waals surface area contributed by atoms with Crippen molar-refractivity contribution in [3.05, 3.63) is 57.7 Å². The Labute approximate surface area is 156 Å². The SMILES string of the molecule is NC(=O)NC(=O)CSc1nc2cc(Cl)ccc2c(=O)n1Cc1ccco1. The molecule has 3 rings (SSSR count). The third kappa shape index (κ3) is 4.06. The van der Waals surface area contributed by atoms with Crippen molar-refractivity contribution in [2.75, 3.05) is 5.75 Å². The minimum absolute atomic E-state index is 0.139. The molecule has 0 fully saturated rings. The van der Waals surface area contributed by atoms with Crippen LogP contribution in [-0.2, 0) is 11.3 Å². The Balaban J connectivity index is 2.01. The molecule has 2 aromatic heterocycles. The molecule has 0 spiro atoms. The van der Waals surface area contributed by atoms with E-state index in [9.17, 15) is 14.4 Å². The molecule has 0 radical (unpaired) electrons. The number of imide groups is 1. The molecular formula is C16H13ClN4O4S. The first-order valence-corrected chi connectivity index (χ1v) is 8.75. The van der Waals surface area contributed by atoms with E-state index in [1.54, 1.807) is 30.3 Å². The first-order valence-electron chi connectivity index (χ1n) is 7.38. The maximum Gasteiger partial charge on any atom is 0.318 e. The molecule has 0 atom stereocenters. The molecule has 0 bridgehead atoms. The zero-order chi connectivity index (χ0) is 18.7. The van der Waals surface area contributed by atoms with Crippen LogP contribution < -0.4 is 16.6 Å². The molecule has 134 valence electrons. The molecule has 0 aliphatic rings. The van der Waals surface area contributed by atoms with Crippen molar-refractivity contribution in [2.24, 2.45) is 5.73 Å². The Bertz CT molecular complexity index is 1030. The number of thioether (sulfide) groups is 1. The van der Waals surface area contributed by atoms with Crippen LogP contribution in [0.2, 0.25) is 5.02 Å². The van der Waals surface area contributed by atoms with E-state index in [1.807, 2.05) is 5.32 Å². The van der Waals surface area contributed by atoms with Crippen LogP contribution in [0.1, 0.15) is 5.76 Å². The van der Waals surface area contributed by atoms with Crippen molar-refractivity contribution in [1.29, 1.82) is 0 Å². The van der Waals surface area contributed by atoms with E-state index >= 15 is 0 Å². The van der Waals surface area contributed by atoms with Gasteiger partial charge in [0, 0.05) is 5.02 Å². The third-order valence-corrected chi connectivity index (χ3v) is 4.58.